The van der Waals surface area contributed by atoms with Crippen LogP contribution in [-0.2, 0) is 14.3 Å². The molecule has 0 aromatic rings. The zero-order valence-electron chi connectivity index (χ0n) is 19.0. The molecule has 0 aromatic carbocycles. The van der Waals surface area contributed by atoms with Crippen LogP contribution in [0.5, 0.6) is 0 Å². The highest BCUT2D eigenvalue weighted by Gasteiger charge is 2.30. The molecule has 0 radical (unpaired) electrons. The highest BCUT2D eigenvalue weighted by molar-refractivity contribution is 14.0. The van der Waals surface area contributed by atoms with Gasteiger partial charge in [0.2, 0.25) is 5.91 Å². The van der Waals surface area contributed by atoms with Crippen molar-refractivity contribution < 1.29 is 14.3 Å². The lowest BCUT2D eigenvalue weighted by atomic mass is 10.0. The van der Waals surface area contributed by atoms with E-state index in [-0.39, 0.29) is 35.9 Å². The molecular weight excluding hydrogens is 497 g/mol. The summed E-state index contributed by atoms with van der Waals surface area (Å²) in [5, 5.41) is 6.71. The van der Waals surface area contributed by atoms with Crippen molar-refractivity contribution in [1.29, 1.82) is 0 Å². The lowest BCUT2D eigenvalue weighted by Gasteiger charge is -2.26. The normalized spacial score (nSPS) is 20.6. The minimum absolute atomic E-state index is 0. The van der Waals surface area contributed by atoms with Crippen LogP contribution in [0.15, 0.2) is 4.99 Å². The molecule has 176 valence electrons. The van der Waals surface area contributed by atoms with Gasteiger partial charge in [0.1, 0.15) is 0 Å². The van der Waals surface area contributed by atoms with E-state index in [2.05, 4.69) is 20.5 Å². The van der Waals surface area contributed by atoms with Crippen molar-refractivity contribution in [2.24, 2.45) is 10.9 Å². The van der Waals surface area contributed by atoms with Gasteiger partial charge < -0.3 is 25.0 Å². The number of rotatable bonds is 11. The topological polar surface area (TPSA) is 78.4 Å². The molecule has 0 spiro atoms. The molecule has 0 saturated carbocycles. The van der Waals surface area contributed by atoms with Crippen LogP contribution in [0, 0.1) is 5.92 Å². The molecule has 1 unspecified atom stereocenters. The fourth-order valence-corrected chi connectivity index (χ4v) is 3.93. The molecule has 0 aromatic heterocycles. The molecule has 2 heterocycles. The van der Waals surface area contributed by atoms with E-state index in [0.717, 1.165) is 97.1 Å². The van der Waals surface area contributed by atoms with Crippen LogP contribution >= 0.6 is 24.0 Å². The molecule has 2 saturated heterocycles. The fourth-order valence-electron chi connectivity index (χ4n) is 3.93. The number of nitrogens with one attached hydrogen (secondary N) is 2. The molecular formula is C21H42IN5O3. The van der Waals surface area contributed by atoms with Crippen LogP contribution in [-0.4, -0.2) is 101 Å². The minimum atomic E-state index is 0. The number of likely N-dealkylation sites (N-methyl/N-ethyl adjacent to an activating group) is 1. The van der Waals surface area contributed by atoms with Crippen molar-refractivity contribution in [3.63, 3.8) is 0 Å². The Bertz CT molecular complexity index is 501. The van der Waals surface area contributed by atoms with E-state index in [1.165, 1.54) is 0 Å². The molecule has 2 N–H and O–H groups in total. The van der Waals surface area contributed by atoms with E-state index >= 15 is 0 Å². The first-order chi connectivity index (χ1) is 14.1. The second-order valence-electron chi connectivity index (χ2n) is 8.19. The van der Waals surface area contributed by atoms with E-state index < -0.39 is 0 Å². The van der Waals surface area contributed by atoms with Crippen LogP contribution in [0.2, 0.25) is 0 Å². The van der Waals surface area contributed by atoms with E-state index in [9.17, 15) is 4.79 Å². The maximum atomic E-state index is 12.2. The van der Waals surface area contributed by atoms with E-state index in [4.69, 9.17) is 9.47 Å². The largest absolute Gasteiger partial charge is 0.381 e. The number of hydrogen-bond donors (Lipinski definition) is 2. The van der Waals surface area contributed by atoms with Gasteiger partial charge in [-0.25, -0.2) is 0 Å². The molecule has 0 aliphatic carbocycles. The Hall–Kier alpha value is -0.650. The molecule has 2 fully saturated rings. The van der Waals surface area contributed by atoms with Crippen LogP contribution in [0.4, 0.5) is 0 Å². The smallest absolute Gasteiger partial charge is 0.239 e. The third-order valence-corrected chi connectivity index (χ3v) is 5.68. The number of carbonyl (C=O) groups is 1. The molecule has 2 aliphatic heterocycles. The predicted octanol–water partition coefficient (Wildman–Crippen LogP) is 1.55. The molecule has 9 heteroatoms. The Morgan fingerprint density at radius 3 is 2.53 bits per heavy atom. The standard InChI is InChI=1S/C21H41N5O3.HI/c1-22-21(24-11-6-14-29-17-18-8-15-28-16-9-18)23-10-5-13-26-12-4-7-19(26)20(27)25(2)3;/h18-19H,4-17H2,1-3H3,(H2,22,23,24);1H. The zero-order valence-corrected chi connectivity index (χ0v) is 21.4. The van der Waals surface area contributed by atoms with Gasteiger partial charge in [0.15, 0.2) is 5.96 Å². The summed E-state index contributed by atoms with van der Waals surface area (Å²) >= 11 is 0. The Morgan fingerprint density at radius 1 is 1.17 bits per heavy atom. The van der Waals surface area contributed by atoms with Gasteiger partial charge in [-0.2, -0.15) is 0 Å². The SMILES string of the molecule is CN=C(NCCCOCC1CCOCC1)NCCCN1CCCC1C(=O)N(C)C.I. The number of hydrogen-bond acceptors (Lipinski definition) is 5. The highest BCUT2D eigenvalue weighted by atomic mass is 127. The quantitative estimate of drug-likeness (QED) is 0.180. The molecule has 8 nitrogen and oxygen atoms in total. The number of carbonyl (C=O) groups excluding carboxylic acids is 1. The molecule has 0 bridgehead atoms. The summed E-state index contributed by atoms with van der Waals surface area (Å²) in [6.45, 7) is 7.03. The second-order valence-corrected chi connectivity index (χ2v) is 8.19. The lowest BCUT2D eigenvalue weighted by Crippen LogP contribution is -2.44. The molecule has 30 heavy (non-hydrogen) atoms. The minimum Gasteiger partial charge on any atom is -0.381 e. The fraction of sp³-hybridized carbons (Fsp3) is 0.905. The predicted molar refractivity (Wildman–Crippen MR) is 132 cm³/mol. The number of nitrogens with zero attached hydrogens (tertiary/aromatic N) is 3. The average Bonchev–Trinajstić information content (AvgIpc) is 3.20. The maximum absolute atomic E-state index is 12.2. The summed E-state index contributed by atoms with van der Waals surface area (Å²) in [4.78, 5) is 20.6. The summed E-state index contributed by atoms with van der Waals surface area (Å²) in [5.74, 6) is 1.72. The number of amides is 1. The summed E-state index contributed by atoms with van der Waals surface area (Å²) in [5.41, 5.74) is 0. The average molecular weight is 540 g/mol. The van der Waals surface area contributed by atoms with Crippen LogP contribution in [0.25, 0.3) is 0 Å². The van der Waals surface area contributed by atoms with Crippen LogP contribution < -0.4 is 10.6 Å². The number of guanidine groups is 1. The van der Waals surface area contributed by atoms with Crippen molar-refractivity contribution in [2.45, 2.75) is 44.6 Å². The monoisotopic (exact) mass is 539 g/mol. The van der Waals surface area contributed by atoms with Gasteiger partial charge in [0.05, 0.1) is 6.04 Å². The van der Waals surface area contributed by atoms with E-state index in [1.807, 2.05) is 14.1 Å². The van der Waals surface area contributed by atoms with Crippen molar-refractivity contribution >= 4 is 35.8 Å². The zero-order chi connectivity index (χ0) is 20.9. The van der Waals surface area contributed by atoms with E-state index in [0.29, 0.717) is 5.92 Å². The van der Waals surface area contributed by atoms with Gasteiger partial charge in [0, 0.05) is 67.2 Å². The van der Waals surface area contributed by atoms with Gasteiger partial charge in [-0.3, -0.25) is 14.7 Å². The first kappa shape index (κ1) is 27.4. The number of halogens is 1. The Balaban J connectivity index is 0.00000450. The molecule has 2 rings (SSSR count). The third kappa shape index (κ3) is 10.1. The molecule has 2 aliphatic rings. The Kier molecular flexibility index (Phi) is 14.6. The Morgan fingerprint density at radius 2 is 1.87 bits per heavy atom. The first-order valence-corrected chi connectivity index (χ1v) is 11.2. The second kappa shape index (κ2) is 16.0. The van der Waals surface area contributed by atoms with Gasteiger partial charge in [-0.15, -0.1) is 24.0 Å². The van der Waals surface area contributed by atoms with Gasteiger partial charge in [0.25, 0.3) is 0 Å². The van der Waals surface area contributed by atoms with Crippen LogP contribution in [0.3, 0.4) is 0 Å². The summed E-state index contributed by atoms with van der Waals surface area (Å²) < 4.78 is 11.2. The van der Waals surface area contributed by atoms with Crippen molar-refractivity contribution in [2.75, 3.05) is 73.7 Å². The third-order valence-electron chi connectivity index (χ3n) is 5.68. The van der Waals surface area contributed by atoms with Crippen molar-refractivity contribution in [3.8, 4) is 0 Å². The van der Waals surface area contributed by atoms with Crippen molar-refractivity contribution in [1.82, 2.24) is 20.4 Å². The number of aliphatic imine (C=N–C) groups is 1. The molecule has 1 amide bonds. The van der Waals surface area contributed by atoms with Crippen LogP contribution in [0.1, 0.15) is 38.5 Å². The van der Waals surface area contributed by atoms with Gasteiger partial charge in [-0.1, -0.05) is 0 Å². The van der Waals surface area contributed by atoms with E-state index in [1.54, 1.807) is 11.9 Å². The summed E-state index contributed by atoms with van der Waals surface area (Å²) in [6.07, 6.45) is 6.28. The summed E-state index contributed by atoms with van der Waals surface area (Å²) in [6, 6.07) is 0.0589. The summed E-state index contributed by atoms with van der Waals surface area (Å²) in [7, 11) is 5.47. The Labute approximate surface area is 199 Å². The lowest BCUT2D eigenvalue weighted by molar-refractivity contribution is -0.133. The molecule has 1 atom stereocenters. The van der Waals surface area contributed by atoms with Gasteiger partial charge in [-0.05, 0) is 51.0 Å². The van der Waals surface area contributed by atoms with Crippen molar-refractivity contribution in [3.05, 3.63) is 0 Å². The first-order valence-electron chi connectivity index (χ1n) is 11.2. The maximum Gasteiger partial charge on any atom is 0.239 e. The number of likely N-dealkylation sites (tertiary alicyclic amines) is 1. The highest BCUT2D eigenvalue weighted by Crippen LogP contribution is 2.18. The number of ether oxygens (including phenoxy) is 2. The van der Waals surface area contributed by atoms with Gasteiger partial charge >= 0.3 is 0 Å².